The number of ether oxygens (including phenoxy) is 2. The van der Waals surface area contributed by atoms with E-state index in [4.69, 9.17) is 65.2 Å². The minimum Gasteiger partial charge on any atom is -0.434 e. The lowest BCUT2D eigenvalue weighted by atomic mass is 9.79. The summed E-state index contributed by atoms with van der Waals surface area (Å²) in [5, 5.41) is 16.2. The summed E-state index contributed by atoms with van der Waals surface area (Å²) in [7, 11) is 2.51. The molecule has 0 aliphatic carbocycles. The van der Waals surface area contributed by atoms with Crippen molar-refractivity contribution in [1.82, 2.24) is 30.4 Å². The summed E-state index contributed by atoms with van der Waals surface area (Å²) < 4.78 is 26.3. The highest BCUT2D eigenvalue weighted by molar-refractivity contribution is 9.19. The second-order valence-corrected chi connectivity index (χ2v) is 18.9. The fraction of sp³-hybridized carbons (Fsp3) is 0.381. The molecule has 18 nitrogen and oxygen atoms in total. The van der Waals surface area contributed by atoms with E-state index < -0.39 is 30.0 Å². The maximum absolute atomic E-state index is 12.2. The Bertz CT molecular complexity index is 2750. The van der Waals surface area contributed by atoms with Gasteiger partial charge >= 0.3 is 7.12 Å². The molecule has 4 aromatic rings. The van der Waals surface area contributed by atoms with E-state index in [9.17, 15) is 28.8 Å². The summed E-state index contributed by atoms with van der Waals surface area (Å²) in [5.41, 5.74) is 5.30. The summed E-state index contributed by atoms with van der Waals surface area (Å²) in [6.07, 6.45) is -0.406. The third-order valence-corrected chi connectivity index (χ3v) is 12.1. The van der Waals surface area contributed by atoms with Gasteiger partial charge in [-0.3, -0.25) is 28.8 Å². The first-order valence-electron chi connectivity index (χ1n) is 20.0. The number of aryl methyl sites for hydroxylation is 2. The fourth-order valence-electron chi connectivity index (χ4n) is 6.04. The molecule has 0 spiro atoms. The van der Waals surface area contributed by atoms with Crippen LogP contribution in [0.1, 0.15) is 96.8 Å². The Balaban J connectivity index is 0.000000208. The number of carbonyl (C=O) groups is 4. The average Bonchev–Trinajstić information content (AvgIpc) is 3.44. The van der Waals surface area contributed by atoms with Crippen LogP contribution in [0.3, 0.4) is 0 Å². The number of halogens is 5. The zero-order chi connectivity index (χ0) is 49.2. The highest BCUT2D eigenvalue weighted by Gasteiger charge is 2.52. The Morgan fingerprint density at radius 3 is 1.42 bits per heavy atom. The molecule has 66 heavy (non-hydrogen) atoms. The molecule has 2 amide bonds. The van der Waals surface area contributed by atoms with Crippen LogP contribution >= 0.6 is 62.3 Å². The molecule has 3 aliphatic rings. The van der Waals surface area contributed by atoms with Gasteiger partial charge in [0.1, 0.15) is 5.71 Å². The van der Waals surface area contributed by atoms with Crippen LogP contribution in [0.4, 0.5) is 0 Å². The third kappa shape index (κ3) is 12.1. The lowest BCUT2D eigenvalue weighted by Gasteiger charge is -2.32. The van der Waals surface area contributed by atoms with Crippen LogP contribution in [0.25, 0.3) is 0 Å². The van der Waals surface area contributed by atoms with Crippen LogP contribution in [0, 0.1) is 0 Å². The topological polar surface area (TPSA) is 224 Å². The van der Waals surface area contributed by atoms with Gasteiger partial charge in [0.25, 0.3) is 11.1 Å². The lowest BCUT2D eigenvalue weighted by molar-refractivity contribution is -0.127. The number of hydrogen-bond donors (Lipinski definition) is 2. The van der Waals surface area contributed by atoms with Crippen LogP contribution in [-0.4, -0.2) is 71.6 Å². The molecule has 0 bridgehead atoms. The molecule has 1 fully saturated rings. The van der Waals surface area contributed by atoms with Crippen molar-refractivity contribution < 1.29 is 38.0 Å². The van der Waals surface area contributed by atoms with E-state index >= 15 is 0 Å². The standard InChI is InChI=1S/C20H25BCl2N2O4.C18H16Cl2N4O4.C4H3BrN2O2/c1-11(2)13-10-16(24-25(7)18(13)26)27-17-14(22)8-12(9-15(17)23)21-28-19(3,4)20(5,6)29-21;1-8(2)10-6-15(23-24(3)18(10)27)28-17-11(19)4-9(5-12(17)20)16-13(25)7-14(26)21-22-16;5-4-2(8)1-3(9)6-7-4/h8-11H,1-7H3;4-6,8H,7H2,1-3H3,(H,21,26);1H2,(H,6,9). The number of rotatable bonds is 8. The normalized spacial score (nSPS) is 16.4. The molecular formula is C42H44BBrCl4N8O10. The van der Waals surface area contributed by atoms with Crippen LogP contribution in [0.15, 0.2) is 56.2 Å². The van der Waals surface area contributed by atoms with E-state index in [1.165, 1.54) is 34.6 Å². The van der Waals surface area contributed by atoms with Crippen molar-refractivity contribution in [3.8, 4) is 23.3 Å². The molecule has 7 rings (SSSR count). The van der Waals surface area contributed by atoms with E-state index in [1.807, 2.05) is 55.4 Å². The Morgan fingerprint density at radius 1 is 0.652 bits per heavy atom. The smallest absolute Gasteiger partial charge is 0.434 e. The average molecular weight is 1050 g/mol. The first-order valence-corrected chi connectivity index (χ1v) is 22.3. The Kier molecular flexibility index (Phi) is 16.5. The third-order valence-electron chi connectivity index (χ3n) is 10.3. The van der Waals surface area contributed by atoms with E-state index in [2.05, 4.69) is 47.2 Å². The monoisotopic (exact) mass is 1050 g/mol. The van der Waals surface area contributed by atoms with E-state index in [1.54, 1.807) is 25.2 Å². The van der Waals surface area contributed by atoms with Crippen molar-refractivity contribution in [3.63, 3.8) is 0 Å². The van der Waals surface area contributed by atoms with Crippen molar-refractivity contribution in [1.29, 1.82) is 0 Å². The predicted octanol–water partition coefficient (Wildman–Crippen LogP) is 6.88. The molecule has 5 heterocycles. The van der Waals surface area contributed by atoms with Crippen LogP contribution in [-0.2, 0) is 42.6 Å². The molecular weight excluding hydrogens is 1010 g/mol. The Hall–Kier alpha value is -4.96. The van der Waals surface area contributed by atoms with E-state index in [0.717, 1.165) is 0 Å². The van der Waals surface area contributed by atoms with Crippen molar-refractivity contribution in [3.05, 3.63) is 93.9 Å². The van der Waals surface area contributed by atoms with Crippen molar-refractivity contribution in [2.24, 2.45) is 24.3 Å². The second kappa shape index (κ2) is 20.9. The highest BCUT2D eigenvalue weighted by atomic mass is 79.9. The minimum absolute atomic E-state index is 0.0238. The number of hydrazone groups is 2. The summed E-state index contributed by atoms with van der Waals surface area (Å²) >= 11 is 28.4. The number of nitrogens with zero attached hydrogens (tertiary/aromatic N) is 6. The zero-order valence-electron chi connectivity index (χ0n) is 37.3. The molecule has 3 aliphatic heterocycles. The van der Waals surface area contributed by atoms with Crippen molar-refractivity contribution in [2.45, 2.75) is 91.3 Å². The Labute approximate surface area is 407 Å². The number of ketones is 2. The Morgan fingerprint density at radius 2 is 1.05 bits per heavy atom. The van der Waals surface area contributed by atoms with Crippen LogP contribution in [0.2, 0.25) is 20.1 Å². The summed E-state index contributed by atoms with van der Waals surface area (Å²) in [6, 6.07) is 9.48. The minimum atomic E-state index is -0.590. The molecule has 350 valence electrons. The fourth-order valence-corrected chi connectivity index (χ4v) is 7.41. The first-order chi connectivity index (χ1) is 30.7. The van der Waals surface area contributed by atoms with Gasteiger partial charge in [0.2, 0.25) is 23.6 Å². The highest BCUT2D eigenvalue weighted by Crippen LogP contribution is 2.40. The number of nitrogens with one attached hydrogen (secondary N) is 2. The van der Waals surface area contributed by atoms with Gasteiger partial charge in [-0.25, -0.2) is 20.2 Å². The summed E-state index contributed by atoms with van der Waals surface area (Å²) in [6.45, 7) is 15.5. The number of amides is 2. The molecule has 1 saturated heterocycles. The quantitative estimate of drug-likeness (QED) is 0.136. The van der Waals surface area contributed by atoms with Gasteiger partial charge in [-0.15, -0.1) is 10.2 Å². The second-order valence-electron chi connectivity index (χ2n) is 16.6. The van der Waals surface area contributed by atoms with Gasteiger partial charge in [0.15, 0.2) is 27.7 Å². The largest absolute Gasteiger partial charge is 0.494 e. The number of Topliss-reactive ketones (excluding diaryl/α,β-unsaturated/α-hetero) is 2. The van der Waals surface area contributed by atoms with Crippen LogP contribution in [0.5, 0.6) is 23.3 Å². The van der Waals surface area contributed by atoms with E-state index in [-0.39, 0.29) is 91.1 Å². The van der Waals surface area contributed by atoms with E-state index in [0.29, 0.717) is 32.2 Å². The van der Waals surface area contributed by atoms with Crippen molar-refractivity contribution >= 4 is 109 Å². The first kappa shape index (κ1) is 52.0. The maximum Gasteiger partial charge on any atom is 0.494 e. The molecule has 0 saturated carbocycles. The zero-order valence-corrected chi connectivity index (χ0v) is 41.9. The molecule has 0 radical (unpaired) electrons. The predicted molar refractivity (Wildman–Crippen MR) is 254 cm³/mol. The molecule has 0 atom stereocenters. The molecule has 2 N–H and O–H groups in total. The van der Waals surface area contributed by atoms with Gasteiger partial charge in [-0.05, 0) is 85.2 Å². The maximum atomic E-state index is 12.2. The SMILES string of the molecule is CC(C)c1cc(Oc2c(Cl)cc(B3OC(C)(C)C(C)(C)O3)cc2Cl)nn(C)c1=O.CC(C)c1cc(Oc2c(Cl)cc(C3=NNC(=O)CC3=O)cc2Cl)nn(C)c1=O.O=C1CC(=O)C(Br)=NN1. The molecule has 0 unspecified atom stereocenters. The van der Waals surface area contributed by atoms with Gasteiger partial charge in [-0.2, -0.15) is 10.2 Å². The van der Waals surface area contributed by atoms with Gasteiger partial charge in [0.05, 0.1) is 44.1 Å². The number of hydrogen-bond acceptors (Lipinski definition) is 14. The number of benzene rings is 2. The lowest BCUT2D eigenvalue weighted by Crippen LogP contribution is -2.41. The van der Waals surface area contributed by atoms with Gasteiger partial charge in [-0.1, -0.05) is 74.1 Å². The number of carbonyl (C=O) groups excluding carboxylic acids is 4. The van der Waals surface area contributed by atoms with Crippen LogP contribution < -0.4 is 36.9 Å². The molecule has 24 heteroatoms. The molecule has 2 aromatic carbocycles. The molecule has 2 aromatic heterocycles. The summed E-state index contributed by atoms with van der Waals surface area (Å²) in [5.74, 6) is -0.780. The van der Waals surface area contributed by atoms with Gasteiger partial charge in [0, 0.05) is 42.9 Å². The van der Waals surface area contributed by atoms with Gasteiger partial charge < -0.3 is 18.8 Å². The van der Waals surface area contributed by atoms with Crippen molar-refractivity contribution in [2.75, 3.05) is 0 Å². The summed E-state index contributed by atoms with van der Waals surface area (Å²) in [4.78, 5) is 68.5. The number of aromatic nitrogens is 4.